The Morgan fingerprint density at radius 2 is 1.48 bits per heavy atom. The quantitative estimate of drug-likeness (QED) is 0.172. The maximum Gasteiger partial charge on any atom is 0.245 e. The Morgan fingerprint density at radius 3 is 1.98 bits per heavy atom. The van der Waals surface area contributed by atoms with Gasteiger partial charge in [-0.25, -0.2) is 0 Å². The Labute approximate surface area is 300 Å². The number of carbonyl (C=O) groups is 4. The zero-order valence-electron chi connectivity index (χ0n) is 32.4. The molecule has 4 amide bonds. The van der Waals surface area contributed by atoms with E-state index < -0.39 is 48.4 Å². The number of amides is 4. The second-order valence-corrected chi connectivity index (χ2v) is 14.8. The molecule has 1 saturated heterocycles. The minimum absolute atomic E-state index is 0.0265. The summed E-state index contributed by atoms with van der Waals surface area (Å²) in [5.74, 6) is -1.70. The van der Waals surface area contributed by atoms with Crippen molar-refractivity contribution in [2.24, 2.45) is 23.7 Å². The summed E-state index contributed by atoms with van der Waals surface area (Å²) in [4.78, 5) is 58.0. The summed E-state index contributed by atoms with van der Waals surface area (Å²) in [5, 5.41) is 19.7. The summed E-state index contributed by atoms with van der Waals surface area (Å²) in [5.41, 5.74) is 0.710. The van der Waals surface area contributed by atoms with Crippen LogP contribution in [0.25, 0.3) is 0 Å². The molecule has 12 heteroatoms. The zero-order valence-corrected chi connectivity index (χ0v) is 32.4. The molecule has 1 aliphatic heterocycles. The number of methoxy groups -OCH3 is 2. The van der Waals surface area contributed by atoms with Gasteiger partial charge in [0.25, 0.3) is 0 Å². The van der Waals surface area contributed by atoms with Crippen molar-refractivity contribution in [2.45, 2.75) is 123 Å². The first-order chi connectivity index (χ1) is 23.5. The molecule has 0 unspecified atom stereocenters. The third-order valence-electron chi connectivity index (χ3n) is 10.2. The molecule has 0 saturated carbocycles. The van der Waals surface area contributed by atoms with Crippen LogP contribution >= 0.6 is 0 Å². The fraction of sp³-hybridized carbons (Fsp3) is 0.737. The van der Waals surface area contributed by atoms with E-state index in [-0.39, 0.29) is 53.8 Å². The molecule has 1 heterocycles. The number of carbonyl (C=O) groups excluding carboxylic acids is 4. The molecule has 50 heavy (non-hydrogen) atoms. The fourth-order valence-corrected chi connectivity index (χ4v) is 7.31. The largest absolute Gasteiger partial charge is 0.386 e. The van der Waals surface area contributed by atoms with Gasteiger partial charge in [0.05, 0.1) is 54.8 Å². The average Bonchev–Trinajstić information content (AvgIpc) is 3.56. The van der Waals surface area contributed by atoms with Gasteiger partial charge in [-0.2, -0.15) is 0 Å². The molecule has 0 bridgehead atoms. The Bertz CT molecular complexity index is 1230. The van der Waals surface area contributed by atoms with E-state index in [2.05, 4.69) is 16.0 Å². The molecular formula is C38H65N5O7. The first-order valence-corrected chi connectivity index (χ1v) is 18.1. The van der Waals surface area contributed by atoms with Gasteiger partial charge in [0.2, 0.25) is 23.6 Å². The highest BCUT2D eigenvalue weighted by Crippen LogP contribution is 2.29. The van der Waals surface area contributed by atoms with E-state index in [0.29, 0.717) is 18.5 Å². The molecule has 2 rings (SSSR count). The summed E-state index contributed by atoms with van der Waals surface area (Å²) in [6.45, 7) is 15.7. The average molecular weight is 704 g/mol. The second-order valence-electron chi connectivity index (χ2n) is 14.8. The van der Waals surface area contributed by atoms with Crippen LogP contribution in [-0.2, 0) is 28.7 Å². The van der Waals surface area contributed by atoms with Crippen LogP contribution in [0.1, 0.15) is 86.3 Å². The Hall–Kier alpha value is -3.06. The second kappa shape index (κ2) is 20.1. The van der Waals surface area contributed by atoms with Gasteiger partial charge in [0.1, 0.15) is 6.04 Å². The number of aliphatic hydroxyl groups excluding tert-OH is 1. The monoisotopic (exact) mass is 703 g/mol. The molecule has 0 spiro atoms. The van der Waals surface area contributed by atoms with E-state index in [1.165, 1.54) is 0 Å². The molecule has 1 aromatic rings. The highest BCUT2D eigenvalue weighted by atomic mass is 16.5. The molecule has 1 fully saturated rings. The topological polar surface area (TPSA) is 150 Å². The lowest BCUT2D eigenvalue weighted by atomic mass is 9.91. The van der Waals surface area contributed by atoms with E-state index in [0.717, 1.165) is 6.42 Å². The molecule has 284 valence electrons. The van der Waals surface area contributed by atoms with E-state index >= 15 is 0 Å². The summed E-state index contributed by atoms with van der Waals surface area (Å²) >= 11 is 0. The van der Waals surface area contributed by atoms with Gasteiger partial charge in [0, 0.05) is 27.8 Å². The van der Waals surface area contributed by atoms with Gasteiger partial charge >= 0.3 is 0 Å². The summed E-state index contributed by atoms with van der Waals surface area (Å²) < 4.78 is 11.8. The van der Waals surface area contributed by atoms with Gasteiger partial charge in [-0.3, -0.25) is 19.2 Å². The lowest BCUT2D eigenvalue weighted by Gasteiger charge is -2.40. The highest BCUT2D eigenvalue weighted by Gasteiger charge is 2.43. The number of rotatable bonds is 19. The SMILES string of the molecule is CN[C@H](C(=O)N[C@H](C(=O)N(C)[C@@H](C(C)C)[C@@H](CC(=O)N1CCC[C@@H]1[C@H](OC)[C@@H](C)C(=O)N[C@H](C)[C@@H](O)c1ccccc1)OC)C(C)C)C(C)C. The predicted octanol–water partition coefficient (Wildman–Crippen LogP) is 3.14. The van der Waals surface area contributed by atoms with Crippen molar-refractivity contribution in [2.75, 3.05) is 34.9 Å². The number of likely N-dealkylation sites (tertiary alicyclic amines) is 1. The normalized spacial score (nSPS) is 19.8. The lowest BCUT2D eigenvalue weighted by Crippen LogP contribution is -2.59. The molecule has 0 aromatic heterocycles. The third-order valence-corrected chi connectivity index (χ3v) is 10.2. The van der Waals surface area contributed by atoms with Gasteiger partial charge in [0.15, 0.2) is 0 Å². The molecule has 12 nitrogen and oxygen atoms in total. The van der Waals surface area contributed by atoms with Crippen LogP contribution in [0, 0.1) is 23.7 Å². The predicted molar refractivity (Wildman–Crippen MR) is 195 cm³/mol. The van der Waals surface area contributed by atoms with E-state index in [9.17, 15) is 24.3 Å². The van der Waals surface area contributed by atoms with E-state index in [1.54, 1.807) is 52.0 Å². The van der Waals surface area contributed by atoms with Gasteiger partial charge in [-0.05, 0) is 50.1 Å². The van der Waals surface area contributed by atoms with Crippen molar-refractivity contribution in [1.29, 1.82) is 0 Å². The van der Waals surface area contributed by atoms with E-state index in [1.807, 2.05) is 71.9 Å². The summed E-state index contributed by atoms with van der Waals surface area (Å²) in [7, 11) is 6.53. The van der Waals surface area contributed by atoms with Crippen LogP contribution in [-0.4, -0.2) is 116 Å². The third kappa shape index (κ3) is 11.0. The molecule has 0 aliphatic carbocycles. The van der Waals surface area contributed by atoms with Crippen molar-refractivity contribution in [3.63, 3.8) is 0 Å². The van der Waals surface area contributed by atoms with Crippen molar-refractivity contribution in [3.05, 3.63) is 35.9 Å². The van der Waals surface area contributed by atoms with Crippen LogP contribution in [0.2, 0.25) is 0 Å². The van der Waals surface area contributed by atoms with Crippen LogP contribution in [0.3, 0.4) is 0 Å². The number of nitrogens with zero attached hydrogens (tertiary/aromatic N) is 2. The number of likely N-dealkylation sites (N-methyl/N-ethyl adjacent to an activating group) is 2. The van der Waals surface area contributed by atoms with Crippen molar-refractivity contribution in [1.82, 2.24) is 25.8 Å². The number of benzene rings is 1. The Kier molecular flexibility index (Phi) is 17.3. The maximum atomic E-state index is 14.0. The number of hydrogen-bond acceptors (Lipinski definition) is 8. The molecule has 9 atom stereocenters. The summed E-state index contributed by atoms with van der Waals surface area (Å²) in [6, 6.07) is 6.65. The lowest BCUT2D eigenvalue weighted by molar-refractivity contribution is -0.147. The van der Waals surface area contributed by atoms with Gasteiger partial charge < -0.3 is 40.3 Å². The number of hydrogen-bond donors (Lipinski definition) is 4. The number of ether oxygens (including phenoxy) is 2. The van der Waals surface area contributed by atoms with Crippen LogP contribution in [0.15, 0.2) is 30.3 Å². The zero-order chi connectivity index (χ0) is 37.9. The first kappa shape index (κ1) is 43.1. The van der Waals surface area contributed by atoms with Crippen molar-refractivity contribution >= 4 is 23.6 Å². The van der Waals surface area contributed by atoms with Gasteiger partial charge in [-0.15, -0.1) is 0 Å². The minimum atomic E-state index is -0.875. The van der Waals surface area contributed by atoms with E-state index in [4.69, 9.17) is 9.47 Å². The van der Waals surface area contributed by atoms with Crippen LogP contribution in [0.5, 0.6) is 0 Å². The molecular weight excluding hydrogens is 638 g/mol. The fourth-order valence-electron chi connectivity index (χ4n) is 7.31. The standard InChI is InChI=1S/C38H65N5O7/c1-22(2)31(39-9)37(47)41-32(23(3)4)38(48)42(10)33(24(5)6)29(49-11)21-30(44)43-20-16-19-28(43)35(50-12)25(7)36(46)40-26(8)34(45)27-17-14-13-15-18-27/h13-15,17-18,22-26,28-29,31-35,39,45H,16,19-21H2,1-12H3,(H,40,46)(H,41,47)/t25-,26-,28-,29-,31+,32+,33+,34-,35-/m1/s1. The number of aliphatic hydroxyl groups is 1. The minimum Gasteiger partial charge on any atom is -0.386 e. The Morgan fingerprint density at radius 1 is 0.880 bits per heavy atom. The van der Waals surface area contributed by atoms with Gasteiger partial charge in [-0.1, -0.05) is 78.8 Å². The maximum absolute atomic E-state index is 14.0. The molecule has 4 N–H and O–H groups in total. The Balaban J connectivity index is 2.20. The first-order valence-electron chi connectivity index (χ1n) is 18.1. The number of nitrogens with one attached hydrogen (secondary N) is 3. The smallest absolute Gasteiger partial charge is 0.245 e. The van der Waals surface area contributed by atoms with Crippen molar-refractivity contribution in [3.8, 4) is 0 Å². The molecule has 1 aromatic carbocycles. The van der Waals surface area contributed by atoms with Crippen LogP contribution in [0.4, 0.5) is 0 Å². The molecule has 0 radical (unpaired) electrons. The summed E-state index contributed by atoms with van der Waals surface area (Å²) in [6.07, 6.45) is -0.607. The molecule has 1 aliphatic rings. The van der Waals surface area contributed by atoms with Crippen molar-refractivity contribution < 1.29 is 33.8 Å². The van der Waals surface area contributed by atoms with Crippen LogP contribution < -0.4 is 16.0 Å². The highest BCUT2D eigenvalue weighted by molar-refractivity contribution is 5.90.